The molecule has 2 fully saturated rings. The van der Waals surface area contributed by atoms with Gasteiger partial charge in [0.1, 0.15) is 23.7 Å². The Kier molecular flexibility index (Phi) is 15.6. The molecule has 0 saturated carbocycles. The number of benzene rings is 4. The fourth-order valence-electron chi connectivity index (χ4n) is 9.50. The van der Waals surface area contributed by atoms with Crippen LogP contribution in [-0.4, -0.2) is 104 Å². The highest BCUT2D eigenvalue weighted by molar-refractivity contribution is 6.31. The molecule has 16 nitrogen and oxygen atoms in total. The van der Waals surface area contributed by atoms with Crippen LogP contribution in [0.3, 0.4) is 0 Å². The molecule has 2 aliphatic heterocycles. The zero-order chi connectivity index (χ0) is 51.4. The van der Waals surface area contributed by atoms with Crippen LogP contribution in [0.1, 0.15) is 97.8 Å². The molecular weight excluding hydrogens is 960 g/mol. The summed E-state index contributed by atoms with van der Waals surface area (Å²) >= 11 is 12.4. The predicted molar refractivity (Wildman–Crippen MR) is 272 cm³/mol. The lowest BCUT2D eigenvalue weighted by Gasteiger charge is -2.30. The molecule has 2 saturated heterocycles. The van der Waals surface area contributed by atoms with Crippen LogP contribution < -0.4 is 10.6 Å². The lowest BCUT2D eigenvalue weighted by molar-refractivity contribution is -0.136. The van der Waals surface area contributed by atoms with Crippen molar-refractivity contribution in [1.29, 1.82) is 0 Å². The van der Waals surface area contributed by atoms with Crippen molar-refractivity contribution >= 4 is 59.0 Å². The van der Waals surface area contributed by atoms with Gasteiger partial charge in [0.2, 0.25) is 11.8 Å². The number of imidazole rings is 2. The molecule has 4 heterocycles. The molecule has 18 heteroatoms. The number of carbonyl (C=O) groups is 6. The number of nitrogens with zero attached hydrogens (tertiary/aromatic N) is 6. The van der Waals surface area contributed by atoms with E-state index < -0.39 is 36.4 Å². The number of methoxy groups -OCH3 is 2. The Bertz CT molecular complexity index is 2770. The first-order chi connectivity index (χ1) is 34.6. The first-order valence-electron chi connectivity index (χ1n) is 23.9. The standard InChI is InChI=1S/C54H56Cl2N8O8/c1-31(2)45(59-53(69)71-5)51(67)61-27-7-9-41(61)47-57-29-43(63(47)49(65)37-19-23-39(55)24-20-37)35-15-11-33(12-16-35)34-13-17-36(18-14-34)44-30-58-48(64(44)50(66)38-21-25-40(56)26-22-38)42-10-8-28-62(42)52(68)46(32(3)4)60-54(70)72-6/h11-26,29-32,41-42,45-46H,7-10,27-28H2,1-6H3,(H,59,69)(H,60,70)/t41-,42-,45-,46-/m0/s1. The number of hydrogen-bond donors (Lipinski definition) is 2. The fourth-order valence-corrected chi connectivity index (χ4v) is 9.75. The summed E-state index contributed by atoms with van der Waals surface area (Å²) in [6, 6.07) is 25.8. The monoisotopic (exact) mass is 1010 g/mol. The van der Waals surface area contributed by atoms with Gasteiger partial charge in [-0.05, 0) is 97.2 Å². The Morgan fingerprint density at radius 1 is 0.528 bits per heavy atom. The van der Waals surface area contributed by atoms with Gasteiger partial charge in [-0.15, -0.1) is 0 Å². The van der Waals surface area contributed by atoms with E-state index >= 15 is 0 Å². The average molecular weight is 1020 g/mol. The highest BCUT2D eigenvalue weighted by Crippen LogP contribution is 2.38. The minimum Gasteiger partial charge on any atom is -0.453 e. The summed E-state index contributed by atoms with van der Waals surface area (Å²) in [5.74, 6) is -0.963. The molecule has 0 aliphatic carbocycles. The summed E-state index contributed by atoms with van der Waals surface area (Å²) in [4.78, 5) is 94.9. The van der Waals surface area contributed by atoms with Crippen molar-refractivity contribution in [2.75, 3.05) is 27.3 Å². The first-order valence-corrected chi connectivity index (χ1v) is 24.6. The molecule has 2 aromatic heterocycles. The second kappa shape index (κ2) is 22.0. The van der Waals surface area contributed by atoms with E-state index in [4.69, 9.17) is 42.6 Å². The van der Waals surface area contributed by atoms with E-state index in [9.17, 15) is 28.8 Å². The van der Waals surface area contributed by atoms with E-state index in [1.165, 1.54) is 14.2 Å². The molecule has 0 radical (unpaired) electrons. The van der Waals surface area contributed by atoms with Crippen LogP contribution in [0.5, 0.6) is 0 Å². The van der Waals surface area contributed by atoms with Crippen molar-refractivity contribution in [2.24, 2.45) is 11.8 Å². The van der Waals surface area contributed by atoms with Crippen molar-refractivity contribution in [3.05, 3.63) is 142 Å². The highest BCUT2D eigenvalue weighted by Gasteiger charge is 2.41. The molecule has 0 unspecified atom stereocenters. The zero-order valence-corrected chi connectivity index (χ0v) is 42.3. The summed E-state index contributed by atoms with van der Waals surface area (Å²) < 4.78 is 12.8. The van der Waals surface area contributed by atoms with Gasteiger partial charge in [-0.3, -0.25) is 28.3 Å². The first kappa shape index (κ1) is 51.1. The largest absolute Gasteiger partial charge is 0.453 e. The van der Waals surface area contributed by atoms with Gasteiger partial charge in [0, 0.05) is 45.4 Å². The van der Waals surface area contributed by atoms with E-state index in [-0.39, 0.29) is 35.5 Å². The van der Waals surface area contributed by atoms with Crippen LogP contribution in [0.15, 0.2) is 109 Å². The Hall–Kier alpha value is -7.30. The third-order valence-corrected chi connectivity index (χ3v) is 13.8. The smallest absolute Gasteiger partial charge is 0.407 e. The van der Waals surface area contributed by atoms with Gasteiger partial charge in [-0.25, -0.2) is 19.6 Å². The number of aromatic nitrogens is 4. The molecule has 0 spiro atoms. The summed E-state index contributed by atoms with van der Waals surface area (Å²) in [7, 11) is 2.49. The summed E-state index contributed by atoms with van der Waals surface area (Å²) in [6.45, 7) is 8.21. The van der Waals surface area contributed by atoms with Gasteiger partial charge in [0.15, 0.2) is 0 Å². The van der Waals surface area contributed by atoms with E-state index in [1.54, 1.807) is 79.9 Å². The second-order valence-electron chi connectivity index (χ2n) is 18.5. The predicted octanol–water partition coefficient (Wildman–Crippen LogP) is 9.85. The Morgan fingerprint density at radius 3 is 1.18 bits per heavy atom. The Morgan fingerprint density at radius 2 is 0.861 bits per heavy atom. The van der Waals surface area contributed by atoms with Crippen molar-refractivity contribution in [2.45, 2.75) is 77.5 Å². The second-order valence-corrected chi connectivity index (χ2v) is 19.4. The average Bonchev–Trinajstić information content (AvgIpc) is 4.23. The van der Waals surface area contributed by atoms with Crippen molar-refractivity contribution in [1.82, 2.24) is 39.5 Å². The third-order valence-electron chi connectivity index (χ3n) is 13.3. The summed E-state index contributed by atoms with van der Waals surface area (Å²) in [5, 5.41) is 6.32. The maximum Gasteiger partial charge on any atom is 0.407 e. The molecule has 6 aromatic rings. The number of hydrogen-bond acceptors (Lipinski definition) is 10. The normalized spacial score (nSPS) is 16.4. The van der Waals surface area contributed by atoms with Crippen LogP contribution in [0.2, 0.25) is 10.0 Å². The number of nitrogens with one attached hydrogen (secondary N) is 2. The molecule has 72 heavy (non-hydrogen) atoms. The number of rotatable bonds is 13. The van der Waals surface area contributed by atoms with E-state index in [2.05, 4.69) is 10.6 Å². The van der Waals surface area contributed by atoms with Crippen molar-refractivity contribution < 1.29 is 38.2 Å². The molecule has 2 aliphatic rings. The lowest BCUT2D eigenvalue weighted by Crippen LogP contribution is -2.51. The molecule has 8 rings (SSSR count). The maximum atomic E-state index is 14.5. The number of halogens is 2. The lowest BCUT2D eigenvalue weighted by atomic mass is 10.0. The van der Waals surface area contributed by atoms with Gasteiger partial charge in [-0.2, -0.15) is 0 Å². The number of carbonyl (C=O) groups excluding carboxylic acids is 6. The van der Waals surface area contributed by atoms with Crippen LogP contribution in [0.4, 0.5) is 9.59 Å². The topological polar surface area (TPSA) is 187 Å². The van der Waals surface area contributed by atoms with Crippen LogP contribution in [0, 0.1) is 11.8 Å². The summed E-state index contributed by atoms with van der Waals surface area (Å²) in [5.41, 5.74) is 4.96. The highest BCUT2D eigenvalue weighted by atomic mass is 35.5. The minimum absolute atomic E-state index is 0.242. The molecular formula is C54H56Cl2N8O8. The number of amides is 4. The maximum absolute atomic E-state index is 14.5. The minimum atomic E-state index is -0.854. The van der Waals surface area contributed by atoms with E-state index in [0.717, 1.165) is 11.1 Å². The summed E-state index contributed by atoms with van der Waals surface area (Å²) in [6.07, 6.45) is 4.32. The SMILES string of the molecule is COC(=O)N[C@H](C(=O)N1CCC[C@H]1c1ncc(-c2ccc(-c3ccc(-c4cnc([C@@H]5CCCN5C(=O)[C@@H](NC(=O)OC)C(C)C)n4C(=O)c4ccc(Cl)cc4)cc3)cc2)n1C(=O)c1ccc(Cl)cc1)C(C)C. The molecule has 4 atom stereocenters. The molecule has 0 bridgehead atoms. The van der Waals surface area contributed by atoms with Crippen molar-refractivity contribution in [3.63, 3.8) is 0 Å². The molecule has 374 valence electrons. The van der Waals surface area contributed by atoms with Gasteiger partial charge in [0.05, 0.1) is 50.1 Å². The van der Waals surface area contributed by atoms with E-state index in [0.29, 0.717) is 94.1 Å². The van der Waals surface area contributed by atoms with Crippen molar-refractivity contribution in [3.8, 4) is 33.6 Å². The van der Waals surface area contributed by atoms with Gasteiger partial charge in [-0.1, -0.05) is 99.4 Å². The number of ether oxygens (including phenoxy) is 2. The van der Waals surface area contributed by atoms with Crippen LogP contribution in [0.25, 0.3) is 33.6 Å². The quantitative estimate of drug-likeness (QED) is 0.113. The van der Waals surface area contributed by atoms with Gasteiger partial charge < -0.3 is 29.9 Å². The number of likely N-dealkylation sites (tertiary alicyclic amines) is 2. The Labute approximate surface area is 427 Å². The van der Waals surface area contributed by atoms with Crippen LogP contribution >= 0.6 is 23.2 Å². The molecule has 4 aromatic carbocycles. The van der Waals surface area contributed by atoms with Gasteiger partial charge >= 0.3 is 12.2 Å². The number of alkyl carbamates (subject to hydrolysis) is 2. The third kappa shape index (κ3) is 10.5. The Balaban J connectivity index is 1.11. The molecule has 4 amide bonds. The van der Waals surface area contributed by atoms with Gasteiger partial charge in [0.25, 0.3) is 11.8 Å². The molecule has 2 N–H and O–H groups in total. The van der Waals surface area contributed by atoms with E-state index in [1.807, 2.05) is 76.2 Å². The van der Waals surface area contributed by atoms with Crippen LogP contribution in [-0.2, 0) is 19.1 Å². The zero-order valence-electron chi connectivity index (χ0n) is 40.8. The fraction of sp³-hybridized carbons (Fsp3) is 0.333.